The number of aromatic nitrogens is 1. The Morgan fingerprint density at radius 3 is 2.52 bits per heavy atom. The van der Waals surface area contributed by atoms with Crippen molar-refractivity contribution in [3.63, 3.8) is 0 Å². The van der Waals surface area contributed by atoms with Gasteiger partial charge >= 0.3 is 0 Å². The second-order valence-corrected chi connectivity index (χ2v) is 6.76. The first kappa shape index (κ1) is 21.3. The maximum Gasteiger partial charge on any atom is 0.271 e. The van der Waals surface area contributed by atoms with E-state index in [1.54, 1.807) is 0 Å². The molecular formula is C23H20N4O4. The fourth-order valence-electron chi connectivity index (χ4n) is 3.31. The molecule has 0 aliphatic carbocycles. The highest BCUT2D eigenvalue weighted by Gasteiger charge is 2.17. The molecule has 0 aliphatic rings. The van der Waals surface area contributed by atoms with E-state index in [1.165, 1.54) is 31.4 Å². The van der Waals surface area contributed by atoms with Gasteiger partial charge in [-0.3, -0.25) is 14.9 Å². The zero-order valence-electron chi connectivity index (χ0n) is 17.2. The predicted molar refractivity (Wildman–Crippen MR) is 117 cm³/mol. The number of hydrogen-bond acceptors (Lipinski definition) is 5. The quantitative estimate of drug-likeness (QED) is 0.274. The van der Waals surface area contributed by atoms with Crippen LogP contribution < -0.4 is 10.1 Å². The molecule has 156 valence electrons. The third-order valence-corrected chi connectivity index (χ3v) is 4.79. The van der Waals surface area contributed by atoms with Crippen LogP contribution in [0.3, 0.4) is 0 Å². The topological polar surface area (TPSA) is 110 Å². The van der Waals surface area contributed by atoms with E-state index in [2.05, 4.69) is 5.32 Å². The Morgan fingerprint density at radius 2 is 1.90 bits per heavy atom. The van der Waals surface area contributed by atoms with Gasteiger partial charge in [0.1, 0.15) is 17.4 Å². The lowest BCUT2D eigenvalue weighted by Crippen LogP contribution is -2.14. The van der Waals surface area contributed by atoms with Gasteiger partial charge in [0.15, 0.2) is 0 Å². The maximum absolute atomic E-state index is 12.7. The normalized spacial score (nSPS) is 11.0. The summed E-state index contributed by atoms with van der Waals surface area (Å²) in [5.41, 5.74) is 3.29. The number of nitro benzene ring substituents is 1. The van der Waals surface area contributed by atoms with Crippen molar-refractivity contribution >= 4 is 23.4 Å². The fraction of sp³-hybridized carbons (Fsp3) is 0.130. The number of nitrogens with zero attached hydrogens (tertiary/aromatic N) is 3. The Morgan fingerprint density at radius 1 is 1.19 bits per heavy atom. The van der Waals surface area contributed by atoms with Crippen LogP contribution in [-0.2, 0) is 4.79 Å². The van der Waals surface area contributed by atoms with E-state index in [0.29, 0.717) is 0 Å². The Kier molecular flexibility index (Phi) is 6.17. The molecule has 1 aromatic heterocycles. The van der Waals surface area contributed by atoms with E-state index in [0.717, 1.165) is 22.6 Å². The van der Waals surface area contributed by atoms with Gasteiger partial charge in [0.2, 0.25) is 0 Å². The number of non-ortho nitro benzene ring substituents is 1. The number of amides is 1. The van der Waals surface area contributed by atoms with Gasteiger partial charge in [-0.2, -0.15) is 5.26 Å². The van der Waals surface area contributed by atoms with Crippen LogP contribution in [-0.4, -0.2) is 22.5 Å². The van der Waals surface area contributed by atoms with Gasteiger partial charge in [0.05, 0.1) is 17.7 Å². The van der Waals surface area contributed by atoms with Crippen molar-refractivity contribution in [1.82, 2.24) is 4.57 Å². The second-order valence-electron chi connectivity index (χ2n) is 6.76. The summed E-state index contributed by atoms with van der Waals surface area (Å²) in [4.78, 5) is 23.2. The molecule has 8 heteroatoms. The van der Waals surface area contributed by atoms with Crippen LogP contribution >= 0.6 is 0 Å². The predicted octanol–water partition coefficient (Wildman–Crippen LogP) is 4.56. The lowest BCUT2D eigenvalue weighted by molar-refractivity contribution is -0.384. The average molecular weight is 416 g/mol. The van der Waals surface area contributed by atoms with Crippen LogP contribution in [0.5, 0.6) is 5.75 Å². The Bertz CT molecular complexity index is 1220. The molecule has 1 heterocycles. The van der Waals surface area contributed by atoms with E-state index in [-0.39, 0.29) is 22.7 Å². The lowest BCUT2D eigenvalue weighted by atomic mass is 10.1. The van der Waals surface area contributed by atoms with Crippen molar-refractivity contribution in [1.29, 1.82) is 5.26 Å². The SMILES string of the molecule is COc1ccc([N+](=O)[O-])cc1NC(=O)/C(C#N)=C/c1cc(C)n(-c2ccccc2)c1C. The molecule has 1 N–H and O–H groups in total. The van der Waals surface area contributed by atoms with E-state index >= 15 is 0 Å². The van der Waals surface area contributed by atoms with E-state index < -0.39 is 10.8 Å². The molecular weight excluding hydrogens is 396 g/mol. The van der Waals surface area contributed by atoms with Crippen LogP contribution in [0.15, 0.2) is 60.2 Å². The molecule has 0 aliphatic heterocycles. The van der Waals surface area contributed by atoms with Crippen LogP contribution in [0.2, 0.25) is 0 Å². The van der Waals surface area contributed by atoms with Crippen LogP contribution in [0.4, 0.5) is 11.4 Å². The third kappa shape index (κ3) is 4.46. The molecule has 0 bridgehead atoms. The number of ether oxygens (including phenoxy) is 1. The molecule has 31 heavy (non-hydrogen) atoms. The van der Waals surface area contributed by atoms with Crippen LogP contribution in [0.25, 0.3) is 11.8 Å². The summed E-state index contributed by atoms with van der Waals surface area (Å²) in [5, 5.41) is 23.1. The van der Waals surface area contributed by atoms with Crippen molar-refractivity contribution in [2.24, 2.45) is 0 Å². The molecule has 1 amide bonds. The number of anilines is 1. The van der Waals surface area contributed by atoms with Crippen molar-refractivity contribution in [3.05, 3.63) is 87.2 Å². The number of carbonyl (C=O) groups is 1. The first-order chi connectivity index (χ1) is 14.8. The summed E-state index contributed by atoms with van der Waals surface area (Å²) in [5.74, 6) is -0.440. The first-order valence-electron chi connectivity index (χ1n) is 9.35. The highest BCUT2D eigenvalue weighted by atomic mass is 16.6. The number of para-hydroxylation sites is 1. The highest BCUT2D eigenvalue weighted by Crippen LogP contribution is 2.29. The molecule has 0 spiro atoms. The molecule has 0 fully saturated rings. The molecule has 0 radical (unpaired) electrons. The number of nitro groups is 1. The number of nitriles is 1. The largest absolute Gasteiger partial charge is 0.495 e. The summed E-state index contributed by atoms with van der Waals surface area (Å²) in [6.07, 6.45) is 1.50. The molecule has 3 rings (SSSR count). The number of nitrogens with one attached hydrogen (secondary N) is 1. The standard InChI is InChI=1S/C23H20N4O4/c1-15-11-17(16(2)26(15)19-7-5-4-6-8-19)12-18(14-24)23(28)25-21-13-20(27(29)30)9-10-22(21)31-3/h4-13H,1-3H3,(H,25,28)/b18-12+. The second kappa shape index (κ2) is 8.97. The van der Waals surface area contributed by atoms with Gasteiger partial charge in [0, 0.05) is 29.2 Å². The minimum atomic E-state index is -0.689. The summed E-state index contributed by atoms with van der Waals surface area (Å²) in [6, 6.07) is 17.4. The minimum absolute atomic E-state index is 0.109. The molecule has 2 aromatic carbocycles. The van der Waals surface area contributed by atoms with Gasteiger partial charge in [-0.1, -0.05) is 18.2 Å². The number of benzene rings is 2. The zero-order chi connectivity index (χ0) is 22.5. The van der Waals surface area contributed by atoms with Crippen LogP contribution in [0, 0.1) is 35.3 Å². The summed E-state index contributed by atoms with van der Waals surface area (Å²) in [7, 11) is 1.39. The monoisotopic (exact) mass is 416 g/mol. The van der Waals surface area contributed by atoms with Crippen molar-refractivity contribution in [2.75, 3.05) is 12.4 Å². The molecule has 8 nitrogen and oxygen atoms in total. The summed E-state index contributed by atoms with van der Waals surface area (Å²) in [6.45, 7) is 3.85. The molecule has 3 aromatic rings. The molecule has 0 unspecified atom stereocenters. The highest BCUT2D eigenvalue weighted by molar-refractivity contribution is 6.10. The molecule has 0 atom stereocenters. The van der Waals surface area contributed by atoms with E-state index in [9.17, 15) is 20.2 Å². The third-order valence-electron chi connectivity index (χ3n) is 4.79. The lowest BCUT2D eigenvalue weighted by Gasteiger charge is -2.10. The van der Waals surface area contributed by atoms with E-state index in [1.807, 2.05) is 60.9 Å². The number of aryl methyl sites for hydroxylation is 1. The number of methoxy groups -OCH3 is 1. The Hall–Kier alpha value is -4.38. The molecule has 0 saturated heterocycles. The molecule has 0 saturated carbocycles. The smallest absolute Gasteiger partial charge is 0.271 e. The van der Waals surface area contributed by atoms with E-state index in [4.69, 9.17) is 4.74 Å². The number of carbonyl (C=O) groups excluding carboxylic acids is 1. The van der Waals surface area contributed by atoms with Crippen molar-refractivity contribution in [3.8, 4) is 17.5 Å². The first-order valence-corrected chi connectivity index (χ1v) is 9.35. The summed E-state index contributed by atoms with van der Waals surface area (Å²) >= 11 is 0. The number of rotatable bonds is 6. The Balaban J connectivity index is 1.95. The van der Waals surface area contributed by atoms with Crippen LogP contribution in [0.1, 0.15) is 17.0 Å². The van der Waals surface area contributed by atoms with Gasteiger partial charge in [-0.15, -0.1) is 0 Å². The average Bonchev–Trinajstić information content (AvgIpc) is 3.05. The summed E-state index contributed by atoms with van der Waals surface area (Å²) < 4.78 is 7.19. The van der Waals surface area contributed by atoms with Gasteiger partial charge < -0.3 is 14.6 Å². The van der Waals surface area contributed by atoms with Crippen molar-refractivity contribution < 1.29 is 14.5 Å². The minimum Gasteiger partial charge on any atom is -0.495 e. The van der Waals surface area contributed by atoms with Crippen molar-refractivity contribution in [2.45, 2.75) is 13.8 Å². The maximum atomic E-state index is 12.7. The number of hydrogen-bond donors (Lipinski definition) is 1. The van der Waals surface area contributed by atoms with Gasteiger partial charge in [-0.05, 0) is 49.8 Å². The van der Waals surface area contributed by atoms with Gasteiger partial charge in [0.25, 0.3) is 11.6 Å². The fourth-order valence-corrected chi connectivity index (χ4v) is 3.31. The Labute approximate surface area is 179 Å². The zero-order valence-corrected chi connectivity index (χ0v) is 17.2. The van der Waals surface area contributed by atoms with Gasteiger partial charge in [-0.25, -0.2) is 0 Å².